The number of imide groups is 1. The number of aryl methyl sites for hydroxylation is 2. The van der Waals surface area contributed by atoms with Crippen LogP contribution in [0.2, 0.25) is 0 Å². The van der Waals surface area contributed by atoms with Crippen LogP contribution in [-0.2, 0) is 15.1 Å². The second kappa shape index (κ2) is 6.83. The van der Waals surface area contributed by atoms with E-state index < -0.39 is 35.7 Å². The summed E-state index contributed by atoms with van der Waals surface area (Å²) in [6, 6.07) is 10.3. The van der Waals surface area contributed by atoms with Crippen molar-refractivity contribution in [3.8, 4) is 0 Å². The second-order valence-electron chi connectivity index (χ2n) is 6.77. The lowest BCUT2D eigenvalue weighted by molar-refractivity contribution is -0.133. The third-order valence-electron chi connectivity index (χ3n) is 4.74. The first kappa shape index (κ1) is 18.6. The smallest absolute Gasteiger partial charge is 0.324 e. The molecule has 7 heteroatoms. The molecule has 4 amide bonds. The van der Waals surface area contributed by atoms with Crippen LogP contribution in [-0.4, -0.2) is 29.3 Å². The summed E-state index contributed by atoms with van der Waals surface area (Å²) in [5, 5.41) is 5.35. The van der Waals surface area contributed by atoms with Gasteiger partial charge in [0.1, 0.15) is 17.9 Å². The van der Waals surface area contributed by atoms with E-state index in [0.717, 1.165) is 16.0 Å². The van der Waals surface area contributed by atoms with E-state index >= 15 is 0 Å². The lowest BCUT2D eigenvalue weighted by atomic mass is 9.92. The number of nitrogens with zero attached hydrogens (tertiary/aromatic N) is 1. The average molecular weight is 369 g/mol. The Hall–Kier alpha value is -3.22. The predicted octanol–water partition coefficient (Wildman–Crippen LogP) is 2.85. The molecular formula is C20H20FN3O3. The molecule has 1 aliphatic heterocycles. The highest BCUT2D eigenvalue weighted by molar-refractivity contribution is 6.10. The first-order chi connectivity index (χ1) is 12.7. The highest BCUT2D eigenvalue weighted by atomic mass is 19.1. The van der Waals surface area contributed by atoms with E-state index in [9.17, 15) is 18.8 Å². The molecule has 140 valence electrons. The molecule has 0 unspecified atom stereocenters. The third kappa shape index (κ3) is 3.40. The summed E-state index contributed by atoms with van der Waals surface area (Å²) in [4.78, 5) is 38.4. The highest BCUT2D eigenvalue weighted by Crippen LogP contribution is 2.29. The van der Waals surface area contributed by atoms with Gasteiger partial charge in [-0.1, -0.05) is 30.3 Å². The third-order valence-corrected chi connectivity index (χ3v) is 4.74. The highest BCUT2D eigenvalue weighted by Gasteiger charge is 2.49. The monoisotopic (exact) mass is 369 g/mol. The summed E-state index contributed by atoms with van der Waals surface area (Å²) in [5.74, 6) is -1.47. The molecule has 0 saturated carbocycles. The lowest BCUT2D eigenvalue weighted by Gasteiger charge is -2.22. The molecule has 3 rings (SSSR count). The van der Waals surface area contributed by atoms with Gasteiger partial charge in [-0.25, -0.2) is 9.18 Å². The molecule has 1 saturated heterocycles. The van der Waals surface area contributed by atoms with Crippen LogP contribution >= 0.6 is 0 Å². The Kier molecular flexibility index (Phi) is 4.70. The van der Waals surface area contributed by atoms with E-state index in [4.69, 9.17) is 0 Å². The van der Waals surface area contributed by atoms with E-state index in [1.807, 2.05) is 32.0 Å². The number of para-hydroxylation sites is 1. The molecule has 0 spiro atoms. The van der Waals surface area contributed by atoms with Gasteiger partial charge >= 0.3 is 6.03 Å². The minimum atomic E-state index is -1.34. The van der Waals surface area contributed by atoms with Gasteiger partial charge in [0.05, 0.1) is 0 Å². The molecule has 0 bridgehead atoms. The molecule has 6 nitrogen and oxygen atoms in total. The Morgan fingerprint density at radius 2 is 1.70 bits per heavy atom. The Morgan fingerprint density at radius 1 is 1.11 bits per heavy atom. The van der Waals surface area contributed by atoms with Gasteiger partial charge in [0.25, 0.3) is 5.91 Å². The van der Waals surface area contributed by atoms with Crippen molar-refractivity contribution >= 4 is 23.5 Å². The van der Waals surface area contributed by atoms with Crippen LogP contribution in [0.3, 0.4) is 0 Å². The number of anilines is 1. The molecule has 1 fully saturated rings. The summed E-state index contributed by atoms with van der Waals surface area (Å²) in [6.07, 6.45) is 0. The Labute approximate surface area is 156 Å². The van der Waals surface area contributed by atoms with E-state index in [-0.39, 0.29) is 0 Å². The molecule has 1 atom stereocenters. The molecule has 2 N–H and O–H groups in total. The first-order valence-electron chi connectivity index (χ1n) is 8.48. The largest absolute Gasteiger partial charge is 0.325 e. The summed E-state index contributed by atoms with van der Waals surface area (Å²) in [7, 11) is 0. The molecule has 2 aromatic rings. The number of carbonyl (C=O) groups is 3. The topological polar surface area (TPSA) is 78.5 Å². The van der Waals surface area contributed by atoms with Crippen molar-refractivity contribution in [3.05, 3.63) is 65.0 Å². The summed E-state index contributed by atoms with van der Waals surface area (Å²) in [6.45, 7) is 4.85. The lowest BCUT2D eigenvalue weighted by Crippen LogP contribution is -2.42. The molecule has 27 heavy (non-hydrogen) atoms. The zero-order valence-corrected chi connectivity index (χ0v) is 15.3. The SMILES string of the molecule is Cc1cccc(C)c1NC(=O)CN1C(=O)N[C@@](C)(c2ccc(F)cc2)C1=O. The van der Waals surface area contributed by atoms with Crippen molar-refractivity contribution in [1.82, 2.24) is 10.2 Å². The number of halogens is 1. The van der Waals surface area contributed by atoms with Gasteiger partial charge in [-0.15, -0.1) is 0 Å². The number of rotatable bonds is 4. The van der Waals surface area contributed by atoms with Crippen molar-refractivity contribution in [2.24, 2.45) is 0 Å². The van der Waals surface area contributed by atoms with Crippen molar-refractivity contribution in [2.45, 2.75) is 26.3 Å². The van der Waals surface area contributed by atoms with Gasteiger partial charge in [-0.3, -0.25) is 14.5 Å². The van der Waals surface area contributed by atoms with Gasteiger partial charge in [-0.05, 0) is 49.6 Å². The maximum atomic E-state index is 13.2. The van der Waals surface area contributed by atoms with E-state index in [1.165, 1.54) is 31.2 Å². The maximum absolute atomic E-state index is 13.2. The average Bonchev–Trinajstić information content (AvgIpc) is 2.83. The standard InChI is InChI=1S/C20H20FN3O3/c1-12-5-4-6-13(2)17(12)22-16(25)11-24-18(26)20(3,23-19(24)27)14-7-9-15(21)10-8-14/h4-10H,11H2,1-3H3,(H,22,25)(H,23,27)/t20-/m0/s1. The van der Waals surface area contributed by atoms with Crippen LogP contribution in [0.15, 0.2) is 42.5 Å². The number of carbonyl (C=O) groups excluding carboxylic acids is 3. The number of hydrogen-bond acceptors (Lipinski definition) is 3. The van der Waals surface area contributed by atoms with E-state index in [0.29, 0.717) is 11.3 Å². The van der Waals surface area contributed by atoms with Crippen LogP contribution in [0.25, 0.3) is 0 Å². The number of benzene rings is 2. The zero-order chi connectivity index (χ0) is 19.8. The van der Waals surface area contributed by atoms with Crippen molar-refractivity contribution < 1.29 is 18.8 Å². The van der Waals surface area contributed by atoms with Crippen LogP contribution in [0, 0.1) is 19.7 Å². The molecule has 2 aromatic carbocycles. The summed E-state index contributed by atoms with van der Waals surface area (Å²) >= 11 is 0. The molecule has 1 heterocycles. The first-order valence-corrected chi connectivity index (χ1v) is 8.48. The van der Waals surface area contributed by atoms with Crippen LogP contribution in [0.1, 0.15) is 23.6 Å². The van der Waals surface area contributed by atoms with Gasteiger partial charge in [-0.2, -0.15) is 0 Å². The molecule has 0 radical (unpaired) electrons. The minimum absolute atomic E-state index is 0.408. The van der Waals surface area contributed by atoms with Crippen LogP contribution in [0.5, 0.6) is 0 Å². The minimum Gasteiger partial charge on any atom is -0.324 e. The fourth-order valence-corrected chi connectivity index (χ4v) is 3.15. The van der Waals surface area contributed by atoms with Gasteiger partial charge in [0, 0.05) is 5.69 Å². The van der Waals surface area contributed by atoms with Crippen molar-refractivity contribution in [1.29, 1.82) is 0 Å². The molecule has 0 aromatic heterocycles. The summed E-state index contributed by atoms with van der Waals surface area (Å²) in [5.41, 5.74) is 1.54. The predicted molar refractivity (Wildman–Crippen MR) is 98.5 cm³/mol. The number of urea groups is 1. The zero-order valence-electron chi connectivity index (χ0n) is 15.3. The number of nitrogens with one attached hydrogen (secondary N) is 2. The second-order valence-corrected chi connectivity index (χ2v) is 6.77. The molecule has 0 aliphatic carbocycles. The van der Waals surface area contributed by atoms with Gasteiger partial charge < -0.3 is 10.6 Å². The summed E-state index contributed by atoms with van der Waals surface area (Å²) < 4.78 is 13.2. The van der Waals surface area contributed by atoms with E-state index in [1.54, 1.807) is 0 Å². The van der Waals surface area contributed by atoms with E-state index in [2.05, 4.69) is 10.6 Å². The van der Waals surface area contributed by atoms with Gasteiger partial charge in [0.15, 0.2) is 0 Å². The Morgan fingerprint density at radius 3 is 2.30 bits per heavy atom. The molecular weight excluding hydrogens is 349 g/mol. The Bertz CT molecular complexity index is 906. The van der Waals surface area contributed by atoms with Crippen molar-refractivity contribution in [2.75, 3.05) is 11.9 Å². The van der Waals surface area contributed by atoms with Crippen molar-refractivity contribution in [3.63, 3.8) is 0 Å². The number of amides is 4. The fourth-order valence-electron chi connectivity index (χ4n) is 3.15. The number of hydrogen-bond donors (Lipinski definition) is 2. The van der Waals surface area contributed by atoms with Gasteiger partial charge in [0.2, 0.25) is 5.91 Å². The quantitative estimate of drug-likeness (QED) is 0.814. The normalized spacial score (nSPS) is 19.2. The van der Waals surface area contributed by atoms with Crippen LogP contribution in [0.4, 0.5) is 14.9 Å². The Balaban J connectivity index is 1.77. The fraction of sp³-hybridized carbons (Fsp3) is 0.250. The van der Waals surface area contributed by atoms with Crippen LogP contribution < -0.4 is 10.6 Å². The maximum Gasteiger partial charge on any atom is 0.325 e. The molecule has 1 aliphatic rings.